The first-order chi connectivity index (χ1) is 1.89. The van der Waals surface area contributed by atoms with Crippen molar-refractivity contribution in [2.75, 3.05) is 0 Å². The van der Waals surface area contributed by atoms with Gasteiger partial charge in [0.05, 0.1) is 0 Å². The molecule has 0 amide bonds. The molecule has 1 saturated carbocycles. The van der Waals surface area contributed by atoms with E-state index < -0.39 is 0 Å². The fourth-order valence-electron chi connectivity index (χ4n) is 0.118. The standard InChI is InChI=1S/C3H5.BrH.Zn/c1-2-3-1;;/h1H,2-3H2;1H;. The van der Waals surface area contributed by atoms with Gasteiger partial charge in [-0.25, -0.2) is 0 Å². The molecule has 0 bridgehead atoms. The summed E-state index contributed by atoms with van der Waals surface area (Å²) in [4.78, 5) is 0. The molecule has 0 atom stereocenters. The van der Waals surface area contributed by atoms with Gasteiger partial charge in [0.25, 0.3) is 0 Å². The van der Waals surface area contributed by atoms with E-state index in [1.54, 1.807) is 31.1 Å². The van der Waals surface area contributed by atoms with Crippen LogP contribution in [-0.4, -0.2) is 0 Å². The summed E-state index contributed by atoms with van der Waals surface area (Å²) >= 11 is 1.54. The van der Waals surface area contributed by atoms with Crippen molar-refractivity contribution in [3.63, 3.8) is 0 Å². The predicted octanol–water partition coefficient (Wildman–Crippen LogP) is 1.69. The summed E-state index contributed by atoms with van der Waals surface area (Å²) in [7, 11) is 0. The molecule has 0 unspecified atom stereocenters. The Morgan fingerprint density at radius 1 is 1.40 bits per heavy atom. The molecule has 0 aromatic carbocycles. The zero-order chi connectivity index (χ0) is 2.99. The van der Waals surface area contributed by atoms with E-state index in [2.05, 4.69) is 0 Å². The molecule has 1 aliphatic carbocycles. The van der Waals surface area contributed by atoms with Gasteiger partial charge in [-0.3, -0.25) is 0 Å². The van der Waals surface area contributed by atoms with E-state index >= 15 is 0 Å². The monoisotopic (exact) mass is 185 g/mol. The predicted molar refractivity (Wildman–Crippen MR) is 23.3 cm³/mol. The van der Waals surface area contributed by atoms with Gasteiger partial charge in [0.2, 0.25) is 0 Å². The van der Waals surface area contributed by atoms with Crippen molar-refractivity contribution in [1.82, 2.24) is 0 Å². The van der Waals surface area contributed by atoms with Crippen LogP contribution in [0.25, 0.3) is 0 Å². The zero-order valence-electron chi connectivity index (χ0n) is 3.11. The molecular formula is C3H6BrZn. The zero-order valence-corrected chi connectivity index (χ0v) is 7.79. The van der Waals surface area contributed by atoms with Gasteiger partial charge in [-0.1, -0.05) is 0 Å². The van der Waals surface area contributed by atoms with Crippen LogP contribution >= 0.6 is 17.0 Å². The Bertz CT molecular complexity index is 26.1. The van der Waals surface area contributed by atoms with Crippen molar-refractivity contribution in [1.29, 1.82) is 0 Å². The molecule has 0 spiro atoms. The van der Waals surface area contributed by atoms with Crippen molar-refractivity contribution in [2.45, 2.75) is 17.4 Å². The van der Waals surface area contributed by atoms with Gasteiger partial charge < -0.3 is 0 Å². The van der Waals surface area contributed by atoms with Crippen LogP contribution in [-0.2, 0) is 18.3 Å². The molecule has 1 fully saturated rings. The van der Waals surface area contributed by atoms with Crippen molar-refractivity contribution in [3.05, 3.63) is 0 Å². The fourth-order valence-corrected chi connectivity index (χ4v) is 0.612. The summed E-state index contributed by atoms with van der Waals surface area (Å²) in [5.41, 5.74) is 0. The van der Waals surface area contributed by atoms with Crippen molar-refractivity contribution < 1.29 is 18.3 Å². The Hall–Kier alpha value is 1.10. The Labute approximate surface area is 52.8 Å². The van der Waals surface area contributed by atoms with Crippen LogP contribution in [0.5, 0.6) is 0 Å². The van der Waals surface area contributed by atoms with Gasteiger partial charge in [-0.2, -0.15) is 0 Å². The Kier molecular flexibility index (Phi) is 2.82. The molecule has 2 heteroatoms. The summed E-state index contributed by atoms with van der Waals surface area (Å²) in [6.07, 6.45) is 3.08. The minimum absolute atomic E-state index is 0. The first-order valence-electron chi connectivity index (χ1n) is 1.72. The molecular weight excluding hydrogens is 181 g/mol. The first-order valence-corrected chi connectivity index (χ1v) is 3.44. The second-order valence-corrected chi connectivity index (χ2v) is 3.87. The summed E-state index contributed by atoms with van der Waals surface area (Å²) in [5.74, 6) is 0. The van der Waals surface area contributed by atoms with Crippen LogP contribution in [0.1, 0.15) is 12.8 Å². The molecule has 0 aromatic heterocycles. The van der Waals surface area contributed by atoms with E-state index in [-0.39, 0.29) is 17.0 Å². The summed E-state index contributed by atoms with van der Waals surface area (Å²) in [6, 6.07) is 0. The molecule has 0 saturated heterocycles. The summed E-state index contributed by atoms with van der Waals surface area (Å²) in [5, 5.41) is 0. The molecule has 5 heavy (non-hydrogen) atoms. The number of rotatable bonds is 0. The molecule has 0 N–H and O–H groups in total. The van der Waals surface area contributed by atoms with Crippen LogP contribution in [0.2, 0.25) is 4.51 Å². The normalized spacial score (nSPS) is 21.2. The maximum atomic E-state index is 1.54. The average molecular weight is 187 g/mol. The van der Waals surface area contributed by atoms with Crippen molar-refractivity contribution in [2.24, 2.45) is 0 Å². The van der Waals surface area contributed by atoms with Crippen LogP contribution in [0.4, 0.5) is 0 Å². The van der Waals surface area contributed by atoms with Crippen LogP contribution in [0, 0.1) is 0 Å². The fraction of sp³-hybridized carbons (Fsp3) is 1.00. The number of halogens is 1. The molecule has 27 valence electrons. The topological polar surface area (TPSA) is 0 Å². The molecule has 0 heterocycles. The van der Waals surface area contributed by atoms with Crippen molar-refractivity contribution in [3.8, 4) is 0 Å². The third-order valence-electron chi connectivity index (χ3n) is 0.697. The molecule has 0 aromatic rings. The van der Waals surface area contributed by atoms with Gasteiger partial charge in [-0.15, -0.1) is 17.0 Å². The van der Waals surface area contributed by atoms with Gasteiger partial charge in [0, 0.05) is 0 Å². The van der Waals surface area contributed by atoms with E-state index in [0.29, 0.717) is 0 Å². The van der Waals surface area contributed by atoms with Crippen LogP contribution < -0.4 is 0 Å². The third-order valence-corrected chi connectivity index (χ3v) is 2.41. The number of hydrogen-bond donors (Lipinski definition) is 0. The van der Waals surface area contributed by atoms with E-state index in [4.69, 9.17) is 0 Å². The SMILES string of the molecule is Br.[Zn][CH]1CC1. The molecule has 0 aliphatic heterocycles. The minimum atomic E-state index is 0. The Balaban J connectivity index is 0.000000160. The average Bonchev–Trinajstić information content (AvgIpc) is 1.75. The van der Waals surface area contributed by atoms with Crippen LogP contribution in [0.3, 0.4) is 0 Å². The van der Waals surface area contributed by atoms with Gasteiger partial charge in [0.1, 0.15) is 0 Å². The van der Waals surface area contributed by atoms with Gasteiger partial charge >= 0.3 is 35.7 Å². The Morgan fingerprint density at radius 3 is 1.60 bits per heavy atom. The second kappa shape index (κ2) is 2.31. The summed E-state index contributed by atoms with van der Waals surface area (Å²) < 4.78 is 1.21. The van der Waals surface area contributed by atoms with E-state index in [1.807, 2.05) is 0 Å². The van der Waals surface area contributed by atoms with E-state index in [0.717, 1.165) is 0 Å². The molecule has 1 aliphatic rings. The van der Waals surface area contributed by atoms with Crippen LogP contribution in [0.15, 0.2) is 0 Å². The second-order valence-electron chi connectivity index (χ2n) is 1.44. The molecule has 0 nitrogen and oxygen atoms in total. The number of hydrogen-bond acceptors (Lipinski definition) is 0. The summed E-state index contributed by atoms with van der Waals surface area (Å²) in [6.45, 7) is 0. The third kappa shape index (κ3) is 2.92. The first kappa shape index (κ1) is 6.10. The van der Waals surface area contributed by atoms with E-state index in [9.17, 15) is 0 Å². The van der Waals surface area contributed by atoms with E-state index in [1.165, 1.54) is 4.51 Å². The quantitative estimate of drug-likeness (QED) is 0.506. The molecule has 1 rings (SSSR count). The van der Waals surface area contributed by atoms with Gasteiger partial charge in [-0.05, 0) is 0 Å². The maximum absolute atomic E-state index is 1.54. The van der Waals surface area contributed by atoms with Gasteiger partial charge in [0.15, 0.2) is 0 Å². The van der Waals surface area contributed by atoms with Crippen molar-refractivity contribution >= 4 is 17.0 Å². The Morgan fingerprint density at radius 2 is 1.60 bits per heavy atom. The molecule has 0 radical (unpaired) electrons.